The van der Waals surface area contributed by atoms with Gasteiger partial charge in [0, 0.05) is 32.4 Å². The molecule has 8 heteroatoms. The highest BCUT2D eigenvalue weighted by Gasteiger charge is 2.21. The van der Waals surface area contributed by atoms with Gasteiger partial charge in [-0.3, -0.25) is 24.0 Å². The minimum Gasteiger partial charge on any atom is -0.313 e. The largest absolute Gasteiger partial charge is 0.330 e. The van der Waals surface area contributed by atoms with Crippen LogP contribution in [0.1, 0.15) is 5.56 Å². The molecule has 0 bridgehead atoms. The van der Waals surface area contributed by atoms with Crippen molar-refractivity contribution in [3.63, 3.8) is 0 Å². The van der Waals surface area contributed by atoms with E-state index in [1.165, 1.54) is 23.7 Å². The summed E-state index contributed by atoms with van der Waals surface area (Å²) >= 11 is 0. The van der Waals surface area contributed by atoms with E-state index in [9.17, 15) is 19.7 Å². The van der Waals surface area contributed by atoms with Gasteiger partial charge in [0.25, 0.3) is 11.2 Å². The van der Waals surface area contributed by atoms with Gasteiger partial charge in [0.05, 0.1) is 27.2 Å². The summed E-state index contributed by atoms with van der Waals surface area (Å²) in [5.41, 5.74) is 2.45. The molecule has 4 aromatic rings. The highest BCUT2D eigenvalue weighted by atomic mass is 16.6. The lowest BCUT2D eigenvalue weighted by Gasteiger charge is -2.11. The van der Waals surface area contributed by atoms with Crippen LogP contribution in [0.25, 0.3) is 27.8 Å². The maximum Gasteiger partial charge on any atom is 0.330 e. The lowest BCUT2D eigenvalue weighted by Crippen LogP contribution is -2.36. The van der Waals surface area contributed by atoms with E-state index in [0.29, 0.717) is 22.3 Å². The number of rotatable bonds is 3. The Morgan fingerprint density at radius 3 is 2.38 bits per heavy atom. The molecule has 0 saturated heterocycles. The zero-order valence-electron chi connectivity index (χ0n) is 16.1. The van der Waals surface area contributed by atoms with Gasteiger partial charge in [-0.15, -0.1) is 0 Å². The summed E-state index contributed by atoms with van der Waals surface area (Å²) in [6.07, 6.45) is 1.68. The SMILES string of the molecule is Cc1cccc(-c2c3c(=O)n(C)c(=O)n(C)c3cn2-c2cccc([N+](=O)[O-])c2)c1. The maximum absolute atomic E-state index is 13.0. The number of hydrogen-bond acceptors (Lipinski definition) is 4. The fourth-order valence-corrected chi connectivity index (χ4v) is 3.58. The quantitative estimate of drug-likeness (QED) is 0.397. The standard InChI is InChI=1S/C21H18N4O4/c1-13-6-4-7-14(10-13)19-18-17(22(2)21(27)23(3)20(18)26)12-24(19)15-8-5-9-16(11-15)25(28)29/h4-12H,1-3H3. The van der Waals surface area contributed by atoms with Gasteiger partial charge in [0.15, 0.2) is 0 Å². The van der Waals surface area contributed by atoms with Crippen molar-refractivity contribution in [2.24, 2.45) is 14.1 Å². The number of hydrogen-bond donors (Lipinski definition) is 0. The van der Waals surface area contributed by atoms with Crippen LogP contribution in [0.4, 0.5) is 5.69 Å². The van der Waals surface area contributed by atoms with Crippen molar-refractivity contribution < 1.29 is 4.92 Å². The minimum absolute atomic E-state index is 0.0581. The summed E-state index contributed by atoms with van der Waals surface area (Å²) in [5, 5.41) is 11.6. The average molecular weight is 390 g/mol. The van der Waals surface area contributed by atoms with Crippen LogP contribution in [-0.2, 0) is 14.1 Å². The molecule has 146 valence electrons. The second-order valence-electron chi connectivity index (χ2n) is 6.96. The van der Waals surface area contributed by atoms with Gasteiger partial charge in [0.1, 0.15) is 0 Å². The highest BCUT2D eigenvalue weighted by Crippen LogP contribution is 2.32. The Morgan fingerprint density at radius 2 is 1.69 bits per heavy atom. The average Bonchev–Trinajstić information content (AvgIpc) is 3.11. The summed E-state index contributed by atoms with van der Waals surface area (Å²) in [4.78, 5) is 36.2. The summed E-state index contributed by atoms with van der Waals surface area (Å²) in [6, 6.07) is 13.8. The molecule has 0 saturated carbocycles. The van der Waals surface area contributed by atoms with E-state index >= 15 is 0 Å². The van der Waals surface area contributed by atoms with E-state index in [1.54, 1.807) is 29.9 Å². The summed E-state index contributed by atoms with van der Waals surface area (Å²) in [6.45, 7) is 1.94. The Bertz CT molecular complexity index is 1410. The zero-order chi connectivity index (χ0) is 20.9. The van der Waals surface area contributed by atoms with Crippen molar-refractivity contribution in [1.29, 1.82) is 0 Å². The van der Waals surface area contributed by atoms with Gasteiger partial charge in [-0.05, 0) is 24.6 Å². The number of benzene rings is 2. The molecule has 0 radical (unpaired) electrons. The van der Waals surface area contributed by atoms with Crippen LogP contribution >= 0.6 is 0 Å². The van der Waals surface area contributed by atoms with Crippen LogP contribution in [0.2, 0.25) is 0 Å². The predicted molar refractivity (Wildman–Crippen MR) is 111 cm³/mol. The topological polar surface area (TPSA) is 92.1 Å². The molecule has 8 nitrogen and oxygen atoms in total. The highest BCUT2D eigenvalue weighted by molar-refractivity contribution is 5.95. The van der Waals surface area contributed by atoms with Crippen LogP contribution in [0.3, 0.4) is 0 Å². The van der Waals surface area contributed by atoms with Crippen LogP contribution < -0.4 is 11.2 Å². The third-order valence-corrected chi connectivity index (χ3v) is 5.05. The first-order valence-electron chi connectivity index (χ1n) is 8.92. The van der Waals surface area contributed by atoms with Crippen molar-refractivity contribution in [1.82, 2.24) is 13.7 Å². The first kappa shape index (κ1) is 18.4. The first-order chi connectivity index (χ1) is 13.8. The molecule has 0 atom stereocenters. The molecule has 4 rings (SSSR count). The van der Waals surface area contributed by atoms with Crippen molar-refractivity contribution in [3.05, 3.63) is 91.2 Å². The van der Waals surface area contributed by atoms with Crippen LogP contribution in [0, 0.1) is 17.0 Å². The van der Waals surface area contributed by atoms with Crippen molar-refractivity contribution in [2.75, 3.05) is 0 Å². The third-order valence-electron chi connectivity index (χ3n) is 5.05. The normalized spacial score (nSPS) is 11.1. The summed E-state index contributed by atoms with van der Waals surface area (Å²) in [7, 11) is 3.04. The van der Waals surface area contributed by atoms with E-state index in [-0.39, 0.29) is 5.69 Å². The molecule has 0 unspecified atom stereocenters. The molecular formula is C21H18N4O4. The summed E-state index contributed by atoms with van der Waals surface area (Å²) in [5.74, 6) is 0. The van der Waals surface area contributed by atoms with Crippen LogP contribution in [0.15, 0.2) is 64.3 Å². The molecule has 2 aromatic heterocycles. The molecular weight excluding hydrogens is 372 g/mol. The summed E-state index contributed by atoms with van der Waals surface area (Å²) < 4.78 is 4.20. The number of aromatic nitrogens is 3. The zero-order valence-corrected chi connectivity index (χ0v) is 16.1. The van der Waals surface area contributed by atoms with Crippen molar-refractivity contribution in [3.8, 4) is 16.9 Å². The monoisotopic (exact) mass is 390 g/mol. The van der Waals surface area contributed by atoms with Crippen LogP contribution in [-0.4, -0.2) is 18.6 Å². The Labute approximate surface area is 165 Å². The maximum atomic E-state index is 13.0. The second-order valence-corrected chi connectivity index (χ2v) is 6.96. The second kappa shape index (κ2) is 6.59. The number of nitro groups is 1. The van der Waals surface area contributed by atoms with E-state index in [0.717, 1.165) is 15.7 Å². The van der Waals surface area contributed by atoms with Gasteiger partial charge in [-0.1, -0.05) is 29.8 Å². The van der Waals surface area contributed by atoms with Crippen molar-refractivity contribution in [2.45, 2.75) is 6.92 Å². The van der Waals surface area contributed by atoms with E-state index < -0.39 is 16.2 Å². The van der Waals surface area contributed by atoms with E-state index in [2.05, 4.69) is 0 Å². The number of fused-ring (bicyclic) bond motifs is 1. The van der Waals surface area contributed by atoms with Gasteiger partial charge >= 0.3 is 5.69 Å². The predicted octanol–water partition coefficient (Wildman–Crippen LogP) is 2.91. The smallest absolute Gasteiger partial charge is 0.313 e. The molecule has 0 aliphatic heterocycles. The Kier molecular flexibility index (Phi) is 4.19. The van der Waals surface area contributed by atoms with E-state index in [4.69, 9.17) is 0 Å². The molecule has 0 fully saturated rings. The number of non-ortho nitro benzene ring substituents is 1. The fraction of sp³-hybridized carbons (Fsp3) is 0.143. The van der Waals surface area contributed by atoms with Gasteiger partial charge in [-0.25, -0.2) is 4.79 Å². The number of nitrogens with zero attached hydrogens (tertiary/aromatic N) is 4. The molecule has 0 spiro atoms. The van der Waals surface area contributed by atoms with Gasteiger partial charge < -0.3 is 4.57 Å². The molecule has 0 N–H and O–H groups in total. The van der Waals surface area contributed by atoms with E-state index in [1.807, 2.05) is 31.2 Å². The Hall–Kier alpha value is -3.94. The lowest BCUT2D eigenvalue weighted by molar-refractivity contribution is -0.384. The fourth-order valence-electron chi connectivity index (χ4n) is 3.58. The molecule has 0 amide bonds. The lowest BCUT2D eigenvalue weighted by atomic mass is 10.1. The van der Waals surface area contributed by atoms with Crippen LogP contribution in [0.5, 0.6) is 0 Å². The first-order valence-corrected chi connectivity index (χ1v) is 8.92. The molecule has 2 heterocycles. The molecule has 0 aliphatic carbocycles. The van der Waals surface area contributed by atoms with Gasteiger partial charge in [-0.2, -0.15) is 0 Å². The molecule has 0 aliphatic rings. The molecule has 29 heavy (non-hydrogen) atoms. The number of aryl methyl sites for hydroxylation is 2. The van der Waals surface area contributed by atoms with Crippen molar-refractivity contribution >= 4 is 16.6 Å². The minimum atomic E-state index is -0.464. The van der Waals surface area contributed by atoms with Gasteiger partial charge in [0.2, 0.25) is 0 Å². The molecule has 2 aromatic carbocycles. The Balaban J connectivity index is 2.19. The Morgan fingerprint density at radius 1 is 0.966 bits per heavy atom. The number of nitro benzene ring substituents is 1. The third kappa shape index (κ3) is 2.85.